The summed E-state index contributed by atoms with van der Waals surface area (Å²) in [5, 5.41) is 12.3. The van der Waals surface area contributed by atoms with Crippen molar-refractivity contribution in [1.82, 2.24) is 5.16 Å². The van der Waals surface area contributed by atoms with Crippen LogP contribution in [0, 0.1) is 11.3 Å². The van der Waals surface area contributed by atoms with Crippen LogP contribution in [0.4, 0.5) is 0 Å². The molecule has 0 fully saturated rings. The number of rotatable bonds is 1. The summed E-state index contributed by atoms with van der Waals surface area (Å²) in [5.41, 5.74) is 0.324. The van der Waals surface area contributed by atoms with Gasteiger partial charge in [-0.1, -0.05) is 21.1 Å². The van der Waals surface area contributed by atoms with Crippen molar-refractivity contribution in [3.05, 3.63) is 17.5 Å². The minimum absolute atomic E-state index is 0.324. The minimum Gasteiger partial charge on any atom is -0.359 e. The van der Waals surface area contributed by atoms with Crippen LogP contribution in [0.25, 0.3) is 0 Å². The van der Waals surface area contributed by atoms with E-state index >= 15 is 0 Å². The lowest BCUT2D eigenvalue weighted by Gasteiger charge is -1.74. The van der Waals surface area contributed by atoms with E-state index in [2.05, 4.69) is 25.6 Å². The van der Waals surface area contributed by atoms with E-state index in [-0.39, 0.29) is 0 Å². The molecule has 3 nitrogen and oxygen atoms in total. The molecule has 1 rings (SSSR count). The Hall–Kier alpha value is -0.820. The van der Waals surface area contributed by atoms with Crippen molar-refractivity contribution in [3.63, 3.8) is 0 Å². The third-order valence-corrected chi connectivity index (χ3v) is 1.36. The molecule has 0 aliphatic rings. The van der Waals surface area contributed by atoms with Crippen LogP contribution in [0.1, 0.15) is 11.5 Å². The number of nitrogens with zero attached hydrogens (tertiary/aromatic N) is 2. The molecule has 0 bridgehead atoms. The Kier molecular flexibility index (Phi) is 1.85. The fourth-order valence-corrected chi connectivity index (χ4v) is 0.693. The number of nitriles is 1. The molecule has 0 amide bonds. The molecule has 0 N–H and O–H groups in total. The maximum atomic E-state index is 8.26. The van der Waals surface area contributed by atoms with Gasteiger partial charge in [0.1, 0.15) is 11.8 Å². The van der Waals surface area contributed by atoms with Crippen molar-refractivity contribution in [2.24, 2.45) is 0 Å². The Morgan fingerprint density at radius 3 is 3.00 bits per heavy atom. The summed E-state index contributed by atoms with van der Waals surface area (Å²) in [6, 6.07) is 3.45. The second-order valence-corrected chi connectivity index (χ2v) is 1.98. The molecule has 1 heterocycles. The molecule has 1 aromatic rings. The van der Waals surface area contributed by atoms with Gasteiger partial charge in [0.05, 0.1) is 5.33 Å². The molecular formula is C5H3BrN2O. The van der Waals surface area contributed by atoms with Crippen LogP contribution in [0.3, 0.4) is 0 Å². The molecule has 46 valence electrons. The van der Waals surface area contributed by atoms with Crippen molar-refractivity contribution >= 4 is 15.9 Å². The van der Waals surface area contributed by atoms with Crippen LogP contribution >= 0.6 is 15.9 Å². The van der Waals surface area contributed by atoms with Crippen molar-refractivity contribution in [2.75, 3.05) is 0 Å². The average molecular weight is 187 g/mol. The van der Waals surface area contributed by atoms with Crippen molar-refractivity contribution in [3.8, 4) is 6.07 Å². The van der Waals surface area contributed by atoms with E-state index in [9.17, 15) is 0 Å². The van der Waals surface area contributed by atoms with Gasteiger partial charge in [0, 0.05) is 6.07 Å². The highest BCUT2D eigenvalue weighted by atomic mass is 79.9. The van der Waals surface area contributed by atoms with Crippen LogP contribution < -0.4 is 0 Å². The standard InChI is InChI=1S/C5H3BrN2O/c6-2-5-1-4(3-7)8-9-5/h1H,2H2. The number of aromatic nitrogens is 1. The molecule has 0 saturated carbocycles. The molecule has 0 aliphatic heterocycles. The van der Waals surface area contributed by atoms with E-state index in [0.29, 0.717) is 16.8 Å². The predicted molar refractivity (Wildman–Crippen MR) is 33.8 cm³/mol. The number of halogens is 1. The third kappa shape index (κ3) is 1.30. The van der Waals surface area contributed by atoms with Gasteiger partial charge in [0.25, 0.3) is 0 Å². The van der Waals surface area contributed by atoms with E-state index < -0.39 is 0 Å². The summed E-state index contributed by atoms with van der Waals surface area (Å²) in [5.74, 6) is 0.673. The van der Waals surface area contributed by atoms with Gasteiger partial charge in [-0.3, -0.25) is 0 Å². The highest BCUT2D eigenvalue weighted by Crippen LogP contribution is 2.05. The molecule has 0 spiro atoms. The SMILES string of the molecule is N#Cc1cc(CBr)on1. The predicted octanol–water partition coefficient (Wildman–Crippen LogP) is 1.44. The van der Waals surface area contributed by atoms with Gasteiger partial charge in [0.2, 0.25) is 0 Å². The molecule has 0 atom stereocenters. The molecule has 1 aromatic heterocycles. The lowest BCUT2D eigenvalue weighted by molar-refractivity contribution is 0.394. The monoisotopic (exact) mass is 186 g/mol. The van der Waals surface area contributed by atoms with Gasteiger partial charge in [-0.2, -0.15) is 5.26 Å². The van der Waals surface area contributed by atoms with Crippen molar-refractivity contribution in [2.45, 2.75) is 5.33 Å². The Bertz CT molecular complexity index is 237. The van der Waals surface area contributed by atoms with Gasteiger partial charge in [-0.05, 0) is 0 Å². The normalized spacial score (nSPS) is 8.89. The van der Waals surface area contributed by atoms with E-state index in [1.54, 1.807) is 6.07 Å². The highest BCUT2D eigenvalue weighted by Gasteiger charge is 1.98. The summed E-state index contributed by atoms with van der Waals surface area (Å²) in [6.07, 6.45) is 0. The van der Waals surface area contributed by atoms with Crippen LogP contribution in [0.5, 0.6) is 0 Å². The summed E-state index contributed by atoms with van der Waals surface area (Å²) in [4.78, 5) is 0. The van der Waals surface area contributed by atoms with Crippen LogP contribution in [-0.2, 0) is 5.33 Å². The first-order chi connectivity index (χ1) is 4.36. The van der Waals surface area contributed by atoms with Gasteiger partial charge in [0.15, 0.2) is 5.69 Å². The summed E-state index contributed by atoms with van der Waals surface area (Å²) in [6.45, 7) is 0. The van der Waals surface area contributed by atoms with E-state index in [4.69, 9.17) is 5.26 Å². The van der Waals surface area contributed by atoms with Crippen LogP contribution in [-0.4, -0.2) is 5.16 Å². The molecule has 0 unspecified atom stereocenters. The maximum absolute atomic E-state index is 8.26. The summed E-state index contributed by atoms with van der Waals surface area (Å²) in [7, 11) is 0. The first-order valence-corrected chi connectivity index (χ1v) is 3.40. The van der Waals surface area contributed by atoms with E-state index in [0.717, 1.165) is 0 Å². The minimum atomic E-state index is 0.324. The second kappa shape index (κ2) is 2.65. The van der Waals surface area contributed by atoms with Gasteiger partial charge in [-0.25, -0.2) is 0 Å². The zero-order valence-corrected chi connectivity index (χ0v) is 6.05. The number of hydrogen-bond donors (Lipinski definition) is 0. The van der Waals surface area contributed by atoms with Gasteiger partial charge < -0.3 is 4.52 Å². The van der Waals surface area contributed by atoms with Crippen molar-refractivity contribution in [1.29, 1.82) is 5.26 Å². The third-order valence-electron chi connectivity index (χ3n) is 0.805. The highest BCUT2D eigenvalue weighted by molar-refractivity contribution is 9.08. The Morgan fingerprint density at radius 2 is 2.67 bits per heavy atom. The molecule has 9 heavy (non-hydrogen) atoms. The molecule has 0 aliphatic carbocycles. The molecule has 0 saturated heterocycles. The average Bonchev–Trinajstić information content (AvgIpc) is 2.34. The largest absolute Gasteiger partial charge is 0.359 e. The van der Waals surface area contributed by atoms with Gasteiger partial charge >= 0.3 is 0 Å². The van der Waals surface area contributed by atoms with E-state index in [1.165, 1.54) is 0 Å². The Labute approximate surface area is 60.4 Å². The van der Waals surface area contributed by atoms with Crippen molar-refractivity contribution < 1.29 is 4.52 Å². The Morgan fingerprint density at radius 1 is 1.89 bits per heavy atom. The van der Waals surface area contributed by atoms with Gasteiger partial charge in [-0.15, -0.1) is 0 Å². The topological polar surface area (TPSA) is 49.8 Å². The number of alkyl halides is 1. The second-order valence-electron chi connectivity index (χ2n) is 1.42. The van der Waals surface area contributed by atoms with Crippen LogP contribution in [0.15, 0.2) is 10.6 Å². The molecular weight excluding hydrogens is 184 g/mol. The van der Waals surface area contributed by atoms with Crippen LogP contribution in [0.2, 0.25) is 0 Å². The first kappa shape index (κ1) is 6.30. The zero-order valence-electron chi connectivity index (χ0n) is 4.47. The zero-order chi connectivity index (χ0) is 6.69. The smallest absolute Gasteiger partial charge is 0.183 e. The van der Waals surface area contributed by atoms with E-state index in [1.807, 2.05) is 6.07 Å². The quantitative estimate of drug-likeness (QED) is 0.625. The fraction of sp³-hybridized carbons (Fsp3) is 0.200. The summed E-state index contributed by atoms with van der Waals surface area (Å²) < 4.78 is 4.69. The molecule has 4 heteroatoms. The number of hydrogen-bond acceptors (Lipinski definition) is 3. The molecule has 0 radical (unpaired) electrons. The summed E-state index contributed by atoms with van der Waals surface area (Å²) >= 11 is 3.16. The maximum Gasteiger partial charge on any atom is 0.183 e. The lowest BCUT2D eigenvalue weighted by Crippen LogP contribution is -1.65. The Balaban J connectivity index is 2.90. The first-order valence-electron chi connectivity index (χ1n) is 2.28. The lowest BCUT2D eigenvalue weighted by atomic mass is 10.4. The molecule has 0 aromatic carbocycles. The fourth-order valence-electron chi connectivity index (χ4n) is 0.429.